The number of H-pyrrole nitrogens is 1. The van der Waals surface area contributed by atoms with E-state index in [9.17, 15) is 0 Å². The molecule has 0 bridgehead atoms. The predicted octanol–water partition coefficient (Wildman–Crippen LogP) is 6.39. The van der Waals surface area contributed by atoms with Crippen molar-refractivity contribution in [1.29, 1.82) is 0 Å². The summed E-state index contributed by atoms with van der Waals surface area (Å²) in [5.41, 5.74) is 2.82. The second-order valence-corrected chi connectivity index (χ2v) is 13.5. The van der Waals surface area contributed by atoms with Gasteiger partial charge in [-0.3, -0.25) is 0 Å². The summed E-state index contributed by atoms with van der Waals surface area (Å²) >= 11 is 3.58. The highest BCUT2D eigenvalue weighted by molar-refractivity contribution is 9.10. The molecule has 3 rings (SSSR count). The number of rotatable bonds is 4. The number of aromatic nitrogens is 2. The van der Waals surface area contributed by atoms with E-state index in [1.165, 1.54) is 0 Å². The van der Waals surface area contributed by atoms with Crippen LogP contribution in [0.2, 0.25) is 18.1 Å². The average molecular weight is 433 g/mol. The van der Waals surface area contributed by atoms with E-state index >= 15 is 0 Å². The summed E-state index contributed by atoms with van der Waals surface area (Å²) in [5.74, 6) is 2.48. The highest BCUT2D eigenvalue weighted by Crippen LogP contribution is 2.38. The summed E-state index contributed by atoms with van der Waals surface area (Å²) in [6.07, 6.45) is 0. The maximum atomic E-state index is 6.43. The molecule has 0 aliphatic heterocycles. The van der Waals surface area contributed by atoms with Crippen molar-refractivity contribution in [1.82, 2.24) is 9.97 Å². The SMILES string of the molecule is COc1ccc2[nH]c(-c3cccc(O[Si](C)(C)C(C)(C)C)c3)nc2c1Br. The lowest BCUT2D eigenvalue weighted by atomic mass is 10.2. The molecule has 0 spiro atoms. The summed E-state index contributed by atoms with van der Waals surface area (Å²) in [4.78, 5) is 8.13. The summed E-state index contributed by atoms with van der Waals surface area (Å²) in [7, 11) is -0.223. The van der Waals surface area contributed by atoms with E-state index in [4.69, 9.17) is 14.1 Å². The number of imidazole rings is 1. The number of nitrogens with zero attached hydrogens (tertiary/aromatic N) is 1. The molecule has 1 N–H and O–H groups in total. The van der Waals surface area contributed by atoms with Crippen LogP contribution in [0.25, 0.3) is 22.4 Å². The lowest BCUT2D eigenvalue weighted by Crippen LogP contribution is -2.43. The maximum absolute atomic E-state index is 6.43. The minimum absolute atomic E-state index is 0.157. The second-order valence-electron chi connectivity index (χ2n) is 7.95. The van der Waals surface area contributed by atoms with Crippen LogP contribution in [0.4, 0.5) is 0 Å². The molecule has 0 saturated heterocycles. The lowest BCUT2D eigenvalue weighted by Gasteiger charge is -2.36. The first-order chi connectivity index (χ1) is 12.1. The van der Waals surface area contributed by atoms with Gasteiger partial charge >= 0.3 is 0 Å². The largest absolute Gasteiger partial charge is 0.543 e. The predicted molar refractivity (Wildman–Crippen MR) is 114 cm³/mol. The number of halogens is 1. The Labute approximate surface area is 164 Å². The Bertz CT molecular complexity index is 945. The molecule has 4 nitrogen and oxygen atoms in total. The Morgan fingerprint density at radius 2 is 1.85 bits per heavy atom. The second kappa shape index (κ2) is 6.74. The molecule has 1 heterocycles. The van der Waals surface area contributed by atoms with Gasteiger partial charge in [-0.05, 0) is 58.3 Å². The van der Waals surface area contributed by atoms with Gasteiger partial charge in [0.2, 0.25) is 8.32 Å². The van der Waals surface area contributed by atoms with Gasteiger partial charge in [0.25, 0.3) is 0 Å². The summed E-state index contributed by atoms with van der Waals surface area (Å²) in [6, 6.07) is 12.0. The first-order valence-corrected chi connectivity index (χ1v) is 12.3. The third-order valence-corrected chi connectivity index (χ3v) is 10.2. The van der Waals surface area contributed by atoms with Crippen molar-refractivity contribution in [2.45, 2.75) is 38.9 Å². The molecule has 0 saturated carbocycles. The molecule has 3 aromatic rings. The van der Waals surface area contributed by atoms with Crippen LogP contribution in [0.15, 0.2) is 40.9 Å². The van der Waals surface area contributed by atoms with Gasteiger partial charge in [-0.2, -0.15) is 0 Å². The van der Waals surface area contributed by atoms with Crippen LogP contribution in [0.3, 0.4) is 0 Å². The minimum atomic E-state index is -1.88. The highest BCUT2D eigenvalue weighted by Gasteiger charge is 2.39. The molecule has 6 heteroatoms. The monoisotopic (exact) mass is 432 g/mol. The zero-order chi connectivity index (χ0) is 19.1. The van der Waals surface area contributed by atoms with Crippen molar-refractivity contribution in [3.8, 4) is 22.9 Å². The topological polar surface area (TPSA) is 47.1 Å². The Kier molecular flexibility index (Phi) is 4.92. The number of methoxy groups -OCH3 is 1. The molecular weight excluding hydrogens is 408 g/mol. The smallest absolute Gasteiger partial charge is 0.250 e. The zero-order valence-electron chi connectivity index (χ0n) is 16.1. The molecule has 0 unspecified atom stereocenters. The Balaban J connectivity index is 1.98. The standard InChI is InChI=1S/C20H25BrN2O2Si/c1-20(2,3)26(5,6)25-14-9-7-8-13(12-14)19-22-15-10-11-16(24-4)17(21)18(15)23-19/h7-12H,1-6H3,(H,22,23). The van der Waals surface area contributed by atoms with Crippen LogP contribution < -0.4 is 9.16 Å². The van der Waals surface area contributed by atoms with Gasteiger partial charge in [-0.25, -0.2) is 4.98 Å². The van der Waals surface area contributed by atoms with Crippen LogP contribution in [0, 0.1) is 0 Å². The molecule has 26 heavy (non-hydrogen) atoms. The van der Waals surface area contributed by atoms with Gasteiger partial charge in [-0.15, -0.1) is 0 Å². The number of hydrogen-bond acceptors (Lipinski definition) is 3. The van der Waals surface area contributed by atoms with Crippen molar-refractivity contribution in [3.63, 3.8) is 0 Å². The molecule has 2 aromatic carbocycles. The number of fused-ring (bicyclic) bond motifs is 1. The number of hydrogen-bond donors (Lipinski definition) is 1. The zero-order valence-corrected chi connectivity index (χ0v) is 18.7. The normalized spacial score (nSPS) is 12.4. The van der Waals surface area contributed by atoms with Crippen LogP contribution in [-0.4, -0.2) is 25.4 Å². The number of nitrogens with one attached hydrogen (secondary N) is 1. The molecule has 0 atom stereocenters. The van der Waals surface area contributed by atoms with Gasteiger partial charge in [0.1, 0.15) is 22.8 Å². The van der Waals surface area contributed by atoms with Crippen LogP contribution in [-0.2, 0) is 0 Å². The summed E-state index contributed by atoms with van der Waals surface area (Å²) in [6.45, 7) is 11.2. The Morgan fingerprint density at radius 1 is 1.12 bits per heavy atom. The van der Waals surface area contributed by atoms with Crippen LogP contribution in [0.1, 0.15) is 20.8 Å². The van der Waals surface area contributed by atoms with E-state index in [1.54, 1.807) is 7.11 Å². The average Bonchev–Trinajstić information content (AvgIpc) is 2.99. The minimum Gasteiger partial charge on any atom is -0.543 e. The number of aromatic amines is 1. The van der Waals surface area contributed by atoms with Crippen molar-refractivity contribution in [2.75, 3.05) is 7.11 Å². The van der Waals surface area contributed by atoms with E-state index in [0.29, 0.717) is 0 Å². The van der Waals surface area contributed by atoms with E-state index < -0.39 is 8.32 Å². The third-order valence-electron chi connectivity index (χ3n) is 5.06. The van der Waals surface area contributed by atoms with E-state index in [2.05, 4.69) is 60.8 Å². The fourth-order valence-electron chi connectivity index (χ4n) is 2.47. The van der Waals surface area contributed by atoms with Gasteiger partial charge < -0.3 is 14.1 Å². The Morgan fingerprint density at radius 3 is 2.50 bits per heavy atom. The lowest BCUT2D eigenvalue weighted by molar-refractivity contribution is 0.413. The first-order valence-electron chi connectivity index (χ1n) is 8.64. The molecule has 0 fully saturated rings. The van der Waals surface area contributed by atoms with Crippen LogP contribution in [0.5, 0.6) is 11.5 Å². The summed E-state index contributed by atoms with van der Waals surface area (Å²) in [5, 5.41) is 0.157. The number of ether oxygens (including phenoxy) is 1. The van der Waals surface area contributed by atoms with E-state index in [0.717, 1.165) is 38.4 Å². The van der Waals surface area contributed by atoms with Gasteiger partial charge in [0, 0.05) is 5.56 Å². The first kappa shape index (κ1) is 19.0. The van der Waals surface area contributed by atoms with Crippen molar-refractivity contribution in [3.05, 3.63) is 40.9 Å². The molecule has 0 aliphatic carbocycles. The van der Waals surface area contributed by atoms with Crippen LogP contribution >= 0.6 is 15.9 Å². The van der Waals surface area contributed by atoms with Gasteiger partial charge in [0.05, 0.1) is 17.1 Å². The molecule has 0 aliphatic rings. The van der Waals surface area contributed by atoms with Crippen molar-refractivity contribution in [2.24, 2.45) is 0 Å². The van der Waals surface area contributed by atoms with Crippen molar-refractivity contribution >= 4 is 35.3 Å². The fraction of sp³-hybridized carbons (Fsp3) is 0.350. The fourth-order valence-corrected chi connectivity index (χ4v) is 4.09. The van der Waals surface area contributed by atoms with Gasteiger partial charge in [0.15, 0.2) is 0 Å². The summed E-state index contributed by atoms with van der Waals surface area (Å²) < 4.78 is 12.6. The quantitative estimate of drug-likeness (QED) is 0.486. The van der Waals surface area contributed by atoms with E-state index in [1.807, 2.05) is 30.3 Å². The maximum Gasteiger partial charge on any atom is 0.250 e. The van der Waals surface area contributed by atoms with E-state index in [-0.39, 0.29) is 5.04 Å². The molecular formula is C20H25BrN2O2Si. The molecule has 1 aromatic heterocycles. The third kappa shape index (κ3) is 3.53. The molecule has 0 radical (unpaired) electrons. The van der Waals surface area contributed by atoms with Gasteiger partial charge in [-0.1, -0.05) is 32.9 Å². The number of benzene rings is 2. The Hall–Kier alpha value is -1.79. The molecule has 0 amide bonds. The highest BCUT2D eigenvalue weighted by atomic mass is 79.9. The van der Waals surface area contributed by atoms with Crippen molar-refractivity contribution < 1.29 is 9.16 Å². The molecule has 138 valence electrons.